The zero-order valence-corrected chi connectivity index (χ0v) is 11.4. The number of nitrogens with zero attached hydrogens (tertiary/aromatic N) is 1. The van der Waals surface area contributed by atoms with Gasteiger partial charge < -0.3 is 15.3 Å². The summed E-state index contributed by atoms with van der Waals surface area (Å²) in [5.41, 5.74) is 0. The zero-order chi connectivity index (χ0) is 13.7. The first-order chi connectivity index (χ1) is 9.16. The molecule has 2 N–H and O–H groups in total. The average molecular weight is 268 g/mol. The molecule has 1 aliphatic heterocycles. The van der Waals surface area contributed by atoms with E-state index in [-0.39, 0.29) is 18.5 Å². The van der Waals surface area contributed by atoms with E-state index in [1.165, 1.54) is 19.3 Å². The highest BCUT2D eigenvalue weighted by molar-refractivity contribution is 5.74. The third kappa shape index (κ3) is 4.11. The van der Waals surface area contributed by atoms with E-state index in [1.807, 2.05) is 4.90 Å². The van der Waals surface area contributed by atoms with Crippen molar-refractivity contribution in [1.29, 1.82) is 0 Å². The van der Waals surface area contributed by atoms with Crippen LogP contribution in [-0.4, -0.2) is 41.1 Å². The minimum atomic E-state index is -0.777. The van der Waals surface area contributed by atoms with Gasteiger partial charge in [0, 0.05) is 25.6 Å². The van der Waals surface area contributed by atoms with Crippen LogP contribution in [0.25, 0.3) is 0 Å². The molecule has 5 heteroatoms. The number of piperidine rings is 1. The molecular formula is C14H24N2O3. The molecule has 0 radical (unpaired) electrons. The molecule has 108 valence electrons. The third-order valence-electron chi connectivity index (χ3n) is 4.35. The minimum Gasteiger partial charge on any atom is -0.481 e. The summed E-state index contributed by atoms with van der Waals surface area (Å²) in [4.78, 5) is 24.7. The standard InChI is InChI=1S/C14H24N2O3/c17-13(18)8-7-12-6-1-2-9-16(12)14(19)15-10-11-4-3-5-11/h11-12H,1-10H2,(H,15,19)(H,17,18). The Hall–Kier alpha value is -1.26. The van der Waals surface area contributed by atoms with Crippen LogP contribution >= 0.6 is 0 Å². The smallest absolute Gasteiger partial charge is 0.317 e. The number of likely N-dealkylation sites (tertiary alicyclic amines) is 1. The molecular weight excluding hydrogens is 244 g/mol. The fourth-order valence-electron chi connectivity index (χ4n) is 2.89. The Morgan fingerprint density at radius 3 is 2.58 bits per heavy atom. The Morgan fingerprint density at radius 1 is 1.16 bits per heavy atom. The van der Waals surface area contributed by atoms with Gasteiger partial charge in [-0.2, -0.15) is 0 Å². The van der Waals surface area contributed by atoms with Crippen LogP contribution in [0.1, 0.15) is 51.4 Å². The number of hydrogen-bond acceptors (Lipinski definition) is 2. The van der Waals surface area contributed by atoms with Crippen molar-refractivity contribution >= 4 is 12.0 Å². The number of carboxylic acids is 1. The Bertz CT molecular complexity index is 329. The van der Waals surface area contributed by atoms with Crippen LogP contribution in [0, 0.1) is 5.92 Å². The van der Waals surface area contributed by atoms with Gasteiger partial charge in [0.1, 0.15) is 0 Å². The molecule has 2 rings (SSSR count). The molecule has 0 aromatic carbocycles. The van der Waals surface area contributed by atoms with Gasteiger partial charge in [0.2, 0.25) is 0 Å². The molecule has 2 fully saturated rings. The molecule has 1 aliphatic carbocycles. The molecule has 1 saturated carbocycles. The van der Waals surface area contributed by atoms with E-state index in [0.717, 1.165) is 32.4 Å². The van der Waals surface area contributed by atoms with E-state index < -0.39 is 5.97 Å². The Kier molecular flexibility index (Phi) is 5.05. The second-order valence-corrected chi connectivity index (χ2v) is 5.76. The van der Waals surface area contributed by atoms with E-state index in [2.05, 4.69) is 5.32 Å². The van der Waals surface area contributed by atoms with Gasteiger partial charge in [-0.3, -0.25) is 4.79 Å². The van der Waals surface area contributed by atoms with Crippen LogP contribution in [-0.2, 0) is 4.79 Å². The SMILES string of the molecule is O=C(O)CCC1CCCCN1C(=O)NCC1CCC1. The normalized spacial score (nSPS) is 23.8. The van der Waals surface area contributed by atoms with Gasteiger partial charge in [-0.05, 0) is 44.4 Å². The van der Waals surface area contributed by atoms with Crippen molar-refractivity contribution in [3.63, 3.8) is 0 Å². The van der Waals surface area contributed by atoms with Gasteiger partial charge in [-0.15, -0.1) is 0 Å². The number of carbonyl (C=O) groups is 2. The molecule has 1 unspecified atom stereocenters. The largest absolute Gasteiger partial charge is 0.481 e. The summed E-state index contributed by atoms with van der Waals surface area (Å²) in [6.07, 6.45) is 7.52. The molecule has 2 aliphatic rings. The topological polar surface area (TPSA) is 69.6 Å². The Labute approximate surface area is 114 Å². The fraction of sp³-hybridized carbons (Fsp3) is 0.857. The summed E-state index contributed by atoms with van der Waals surface area (Å²) < 4.78 is 0. The quantitative estimate of drug-likeness (QED) is 0.803. The summed E-state index contributed by atoms with van der Waals surface area (Å²) in [5.74, 6) is -0.119. The van der Waals surface area contributed by atoms with Crippen molar-refractivity contribution < 1.29 is 14.7 Å². The number of amides is 2. The highest BCUT2D eigenvalue weighted by Gasteiger charge is 2.27. The number of rotatable bonds is 5. The fourth-order valence-corrected chi connectivity index (χ4v) is 2.89. The number of nitrogens with one attached hydrogen (secondary N) is 1. The van der Waals surface area contributed by atoms with E-state index in [4.69, 9.17) is 5.11 Å². The van der Waals surface area contributed by atoms with Gasteiger partial charge >= 0.3 is 12.0 Å². The van der Waals surface area contributed by atoms with Gasteiger partial charge in [0.25, 0.3) is 0 Å². The Balaban J connectivity index is 1.79. The summed E-state index contributed by atoms with van der Waals surface area (Å²) in [7, 11) is 0. The Morgan fingerprint density at radius 2 is 1.95 bits per heavy atom. The molecule has 1 saturated heterocycles. The highest BCUT2D eigenvalue weighted by atomic mass is 16.4. The number of carbonyl (C=O) groups excluding carboxylic acids is 1. The first-order valence-corrected chi connectivity index (χ1v) is 7.43. The van der Waals surface area contributed by atoms with Crippen molar-refractivity contribution in [3.8, 4) is 0 Å². The number of carboxylic acid groups (broad SMARTS) is 1. The van der Waals surface area contributed by atoms with E-state index in [9.17, 15) is 9.59 Å². The third-order valence-corrected chi connectivity index (χ3v) is 4.35. The van der Waals surface area contributed by atoms with Crippen molar-refractivity contribution in [3.05, 3.63) is 0 Å². The second kappa shape index (κ2) is 6.78. The zero-order valence-electron chi connectivity index (χ0n) is 11.4. The van der Waals surface area contributed by atoms with Crippen molar-refractivity contribution in [2.75, 3.05) is 13.1 Å². The van der Waals surface area contributed by atoms with Crippen LogP contribution in [0.4, 0.5) is 4.79 Å². The van der Waals surface area contributed by atoms with Crippen LogP contribution < -0.4 is 5.32 Å². The van der Waals surface area contributed by atoms with Crippen molar-refractivity contribution in [2.45, 2.75) is 57.4 Å². The first-order valence-electron chi connectivity index (χ1n) is 7.43. The van der Waals surface area contributed by atoms with E-state index >= 15 is 0 Å². The molecule has 0 aromatic heterocycles. The van der Waals surface area contributed by atoms with Gasteiger partial charge in [0.15, 0.2) is 0 Å². The molecule has 0 spiro atoms. The predicted octanol–water partition coefficient (Wildman–Crippen LogP) is 2.22. The summed E-state index contributed by atoms with van der Waals surface area (Å²) in [5, 5.41) is 11.8. The predicted molar refractivity (Wildman–Crippen MR) is 72.0 cm³/mol. The molecule has 0 aromatic rings. The van der Waals surface area contributed by atoms with Crippen LogP contribution in [0.2, 0.25) is 0 Å². The average Bonchev–Trinajstić information content (AvgIpc) is 2.34. The molecule has 5 nitrogen and oxygen atoms in total. The maximum atomic E-state index is 12.2. The lowest BCUT2D eigenvalue weighted by Gasteiger charge is -2.36. The molecule has 19 heavy (non-hydrogen) atoms. The summed E-state index contributed by atoms with van der Waals surface area (Å²) in [6.45, 7) is 1.54. The molecule has 1 atom stereocenters. The molecule has 2 amide bonds. The van der Waals surface area contributed by atoms with Crippen LogP contribution in [0.5, 0.6) is 0 Å². The number of aliphatic carboxylic acids is 1. The van der Waals surface area contributed by atoms with Crippen molar-refractivity contribution in [1.82, 2.24) is 10.2 Å². The van der Waals surface area contributed by atoms with E-state index in [1.54, 1.807) is 0 Å². The highest BCUT2D eigenvalue weighted by Crippen LogP contribution is 2.26. The summed E-state index contributed by atoms with van der Waals surface area (Å²) >= 11 is 0. The molecule has 0 bridgehead atoms. The monoisotopic (exact) mass is 268 g/mol. The number of hydrogen-bond donors (Lipinski definition) is 2. The lowest BCUT2D eigenvalue weighted by atomic mass is 9.85. The van der Waals surface area contributed by atoms with Crippen molar-refractivity contribution in [2.24, 2.45) is 5.92 Å². The minimum absolute atomic E-state index is 0.00184. The lowest BCUT2D eigenvalue weighted by molar-refractivity contribution is -0.137. The maximum Gasteiger partial charge on any atom is 0.317 e. The lowest BCUT2D eigenvalue weighted by Crippen LogP contribution is -2.50. The van der Waals surface area contributed by atoms with Gasteiger partial charge in [-0.1, -0.05) is 6.42 Å². The summed E-state index contributed by atoms with van der Waals surface area (Å²) in [6, 6.07) is 0.105. The number of urea groups is 1. The second-order valence-electron chi connectivity index (χ2n) is 5.76. The van der Waals surface area contributed by atoms with Crippen LogP contribution in [0.3, 0.4) is 0 Å². The molecule has 1 heterocycles. The van der Waals surface area contributed by atoms with E-state index in [0.29, 0.717) is 12.3 Å². The maximum absolute atomic E-state index is 12.2. The van der Waals surface area contributed by atoms with Gasteiger partial charge in [0.05, 0.1) is 0 Å². The van der Waals surface area contributed by atoms with Gasteiger partial charge in [-0.25, -0.2) is 4.79 Å². The first kappa shape index (κ1) is 14.2. The van der Waals surface area contributed by atoms with Crippen LogP contribution in [0.15, 0.2) is 0 Å².